The van der Waals surface area contributed by atoms with Gasteiger partial charge in [-0.3, -0.25) is 0 Å². The zero-order valence-corrected chi connectivity index (χ0v) is 45.0. The average molecular weight is 1020 g/mol. The highest BCUT2D eigenvalue weighted by molar-refractivity contribution is 5.64. The maximum Gasteiger partial charge on any atom is 0.261 e. The Hall–Kier alpha value is -4.59. The van der Waals surface area contributed by atoms with E-state index < -0.39 is 0 Å². The number of nitrogens with one attached hydrogen (secondary N) is 3. The van der Waals surface area contributed by atoms with Crippen molar-refractivity contribution >= 4 is 0 Å². The fraction of sp³-hybridized carbons (Fsp3) is 0.677. The lowest BCUT2D eigenvalue weighted by Crippen LogP contribution is -2.58. The molecule has 3 aromatic heterocycles. The van der Waals surface area contributed by atoms with Gasteiger partial charge in [-0.2, -0.15) is 4.98 Å². The number of methoxy groups -OCH3 is 2. The van der Waals surface area contributed by atoms with Crippen LogP contribution in [0.25, 0.3) is 22.8 Å². The molecule has 13 aliphatic rings. The third-order valence-corrected chi connectivity index (χ3v) is 20.6. The molecule has 3 N–H and O–H groups in total. The zero-order valence-electron chi connectivity index (χ0n) is 45.0. The Kier molecular flexibility index (Phi) is 13.8. The highest BCUT2D eigenvalue weighted by Crippen LogP contribution is 2.58. The summed E-state index contributed by atoms with van der Waals surface area (Å²) in [5.74, 6) is 13.4. The van der Waals surface area contributed by atoms with Crippen LogP contribution in [0.1, 0.15) is 182 Å². The number of hydrogen-bond acceptors (Lipinski definition) is 12. The lowest BCUT2D eigenvalue weighted by atomic mass is 9.53. The van der Waals surface area contributed by atoms with Crippen LogP contribution in [0.5, 0.6) is 11.5 Å². The molecule has 0 saturated heterocycles. The van der Waals surface area contributed by atoms with Crippen molar-refractivity contribution in [2.45, 2.75) is 197 Å². The van der Waals surface area contributed by atoms with Crippen LogP contribution < -0.4 is 25.4 Å². The lowest BCUT2D eigenvalue weighted by Gasteiger charge is -2.57. The van der Waals surface area contributed by atoms with Crippen LogP contribution in [0.15, 0.2) is 62.1 Å². The summed E-state index contributed by atoms with van der Waals surface area (Å²) in [5, 5.41) is 24.4. The Labute approximate surface area is 443 Å². The Bertz CT molecular complexity index is 2650. The molecule has 13 aliphatic carbocycles. The smallest absolute Gasteiger partial charge is 0.261 e. The number of aryl methyl sites for hydroxylation is 1. The van der Waals surface area contributed by atoms with Crippen molar-refractivity contribution in [2.75, 3.05) is 14.2 Å². The first-order valence-corrected chi connectivity index (χ1v) is 29.5. The molecule has 75 heavy (non-hydrogen) atoms. The van der Waals surface area contributed by atoms with E-state index in [9.17, 15) is 4.39 Å². The number of aromatic nitrogens is 4. The molecule has 12 nitrogen and oxygen atoms in total. The van der Waals surface area contributed by atoms with Crippen molar-refractivity contribution in [1.29, 1.82) is 0 Å². The SMILES string of the molecule is COc1ccc(-c2nc(CNC34CC5CC(CC(C5)C3)C4)no2)c(OC)c1.Cc1cc(F)cc(-c2cc(CNC34CC5CC(CC(C5)C3)C4)no2)c1.c1c(CNC23CC4CC(CC(C4)C2)C3)noc1C1CCCCC1. The summed E-state index contributed by atoms with van der Waals surface area (Å²) in [6.45, 7) is 4.19. The second kappa shape index (κ2) is 20.7. The van der Waals surface area contributed by atoms with Gasteiger partial charge in [0.1, 0.15) is 23.1 Å². The summed E-state index contributed by atoms with van der Waals surface area (Å²) in [4.78, 5) is 4.60. The van der Waals surface area contributed by atoms with E-state index >= 15 is 0 Å². The number of benzene rings is 2. The van der Waals surface area contributed by atoms with E-state index in [2.05, 4.69) is 42.5 Å². The van der Waals surface area contributed by atoms with Gasteiger partial charge in [0, 0.05) is 59.4 Å². The molecule has 13 fully saturated rings. The summed E-state index contributed by atoms with van der Waals surface area (Å²) in [6.07, 6.45) is 32.1. The summed E-state index contributed by atoms with van der Waals surface area (Å²) < 4.78 is 41.0. The maximum atomic E-state index is 13.6. The molecule has 12 bridgehead atoms. The second-order valence-electron chi connectivity index (χ2n) is 26.5. The molecule has 13 heteroatoms. The molecule has 5 aromatic rings. The van der Waals surface area contributed by atoms with Crippen LogP contribution >= 0.6 is 0 Å². The first kappa shape index (κ1) is 49.9. The van der Waals surface area contributed by atoms with Gasteiger partial charge in [-0.25, -0.2) is 4.39 Å². The highest BCUT2D eigenvalue weighted by atomic mass is 19.1. The van der Waals surface area contributed by atoms with Gasteiger partial charge in [0.15, 0.2) is 11.6 Å². The maximum absolute atomic E-state index is 13.6. The molecule has 2 aromatic carbocycles. The fourth-order valence-electron chi connectivity index (χ4n) is 18.6. The Morgan fingerprint density at radius 3 is 1.56 bits per heavy atom. The standard InChI is InChI=1S/C21H25FN2O.C21H27N3O3.C20H30N2O/c1-13-2-17(7-18(22)3-13)20-8-19(24-25-20)12-23-21-9-14-4-15(10-21)6-16(5-14)11-21;1-25-16-3-4-17(18(8-16)26-2)20-23-19(24-27-20)12-22-21-9-13-5-14(10-21)7-15(6-13)11-21;1-2-4-17(5-3-1)19-9-18(22-23-19)13-21-20-10-14-6-15(11-20)8-16(7-14)12-20/h2-3,7-8,14-16,23H,4-6,9-12H2,1H3;3-4,8,13-15,22H,5-7,9-12H2,1-2H3;9,14-17,21H,1-8,10-13H2. The van der Waals surface area contributed by atoms with Gasteiger partial charge in [-0.05, 0) is 224 Å². The summed E-state index contributed by atoms with van der Waals surface area (Å²) in [7, 11) is 3.26. The molecule has 402 valence electrons. The molecule has 0 spiro atoms. The van der Waals surface area contributed by atoms with Crippen LogP contribution in [0.3, 0.4) is 0 Å². The van der Waals surface area contributed by atoms with Gasteiger partial charge in [0.05, 0.1) is 37.7 Å². The van der Waals surface area contributed by atoms with Crippen molar-refractivity contribution < 1.29 is 27.4 Å². The quantitative estimate of drug-likeness (QED) is 0.0973. The normalized spacial score (nSPS) is 34.5. The zero-order chi connectivity index (χ0) is 50.7. The molecular weight excluding hydrogens is 942 g/mol. The third kappa shape index (κ3) is 10.9. The first-order valence-electron chi connectivity index (χ1n) is 29.5. The Balaban J connectivity index is 0.000000108. The van der Waals surface area contributed by atoms with E-state index in [4.69, 9.17) is 23.0 Å². The number of nitrogens with zero attached hydrogens (tertiary/aromatic N) is 4. The van der Waals surface area contributed by atoms with Crippen LogP contribution in [0.2, 0.25) is 0 Å². The molecule has 0 atom stereocenters. The molecule has 0 aliphatic heterocycles. The van der Waals surface area contributed by atoms with Gasteiger partial charge in [0.2, 0.25) is 0 Å². The van der Waals surface area contributed by atoms with Crippen LogP contribution in [-0.2, 0) is 19.6 Å². The topological polar surface area (TPSA) is 146 Å². The van der Waals surface area contributed by atoms with E-state index in [1.807, 2.05) is 37.3 Å². The molecule has 3 heterocycles. The van der Waals surface area contributed by atoms with Gasteiger partial charge >= 0.3 is 0 Å². The predicted molar refractivity (Wildman–Crippen MR) is 285 cm³/mol. The minimum absolute atomic E-state index is 0.236. The van der Waals surface area contributed by atoms with E-state index in [0.29, 0.717) is 52.3 Å². The van der Waals surface area contributed by atoms with Crippen LogP contribution in [0.4, 0.5) is 4.39 Å². The van der Waals surface area contributed by atoms with Crippen molar-refractivity contribution in [2.24, 2.45) is 53.3 Å². The molecule has 0 radical (unpaired) electrons. The lowest BCUT2D eigenvalue weighted by molar-refractivity contribution is -0.0210. The average Bonchev–Trinajstić information content (AvgIpc) is 4.20. The summed E-state index contributed by atoms with van der Waals surface area (Å²) in [6, 6.07) is 14.7. The number of hydrogen-bond donors (Lipinski definition) is 3. The van der Waals surface area contributed by atoms with E-state index in [1.54, 1.807) is 14.2 Å². The Morgan fingerprint density at radius 2 is 1.05 bits per heavy atom. The largest absolute Gasteiger partial charge is 0.497 e. The van der Waals surface area contributed by atoms with Gasteiger partial charge in [-0.1, -0.05) is 34.7 Å². The summed E-state index contributed by atoms with van der Waals surface area (Å²) >= 11 is 0. The van der Waals surface area contributed by atoms with Gasteiger partial charge in [0.25, 0.3) is 5.89 Å². The van der Waals surface area contributed by atoms with Crippen LogP contribution in [-0.4, -0.2) is 51.3 Å². The van der Waals surface area contributed by atoms with Crippen molar-refractivity contribution in [3.63, 3.8) is 0 Å². The first-order chi connectivity index (χ1) is 36.5. The molecule has 0 unspecified atom stereocenters. The van der Waals surface area contributed by atoms with Crippen molar-refractivity contribution in [1.82, 2.24) is 36.4 Å². The van der Waals surface area contributed by atoms with E-state index in [1.165, 1.54) is 160 Å². The third-order valence-electron chi connectivity index (χ3n) is 20.6. The predicted octanol–water partition coefficient (Wildman–Crippen LogP) is 13.4. The molecule has 13 saturated carbocycles. The van der Waals surface area contributed by atoms with Crippen molar-refractivity contribution in [3.05, 3.63) is 82.9 Å². The van der Waals surface area contributed by atoms with E-state index in [-0.39, 0.29) is 5.82 Å². The Morgan fingerprint density at radius 1 is 0.547 bits per heavy atom. The molecule has 18 rings (SSSR count). The molecule has 0 amide bonds. The molecular formula is C62H82FN7O5. The minimum atomic E-state index is -0.236. The minimum Gasteiger partial charge on any atom is -0.497 e. The van der Waals surface area contributed by atoms with Crippen LogP contribution in [0, 0.1) is 66.0 Å². The highest BCUT2D eigenvalue weighted by Gasteiger charge is 2.53. The monoisotopic (exact) mass is 1020 g/mol. The number of ether oxygens (including phenoxy) is 2. The number of halogens is 1. The van der Waals surface area contributed by atoms with Crippen molar-refractivity contribution in [3.8, 4) is 34.3 Å². The van der Waals surface area contributed by atoms with E-state index in [0.717, 1.165) is 106 Å². The fourth-order valence-corrected chi connectivity index (χ4v) is 18.6. The van der Waals surface area contributed by atoms with Gasteiger partial charge < -0.3 is 39.0 Å². The summed E-state index contributed by atoms with van der Waals surface area (Å²) in [5.41, 5.74) is 5.52. The number of rotatable bonds is 14. The second-order valence-corrected chi connectivity index (χ2v) is 26.5. The van der Waals surface area contributed by atoms with Gasteiger partial charge in [-0.15, -0.1) is 0 Å².